The van der Waals surface area contributed by atoms with Gasteiger partial charge >= 0.3 is 0 Å². The molecule has 0 amide bonds. The molecule has 0 radical (unpaired) electrons. The Hall–Kier alpha value is -6.70. The summed E-state index contributed by atoms with van der Waals surface area (Å²) >= 11 is 0. The van der Waals surface area contributed by atoms with Crippen LogP contribution in [0.2, 0.25) is 0 Å². The van der Waals surface area contributed by atoms with Gasteiger partial charge in [0.25, 0.3) is 0 Å². The summed E-state index contributed by atoms with van der Waals surface area (Å²) in [5.41, 5.74) is 12.1. The molecule has 51 heavy (non-hydrogen) atoms. The van der Waals surface area contributed by atoms with Gasteiger partial charge in [0, 0.05) is 10.9 Å². The molecule has 10 aromatic rings. The topological polar surface area (TPSA) is 9.23 Å². The average Bonchev–Trinajstić information content (AvgIpc) is 3.20. The van der Waals surface area contributed by atoms with Gasteiger partial charge in [-0.15, -0.1) is 0 Å². The Kier molecular flexibility index (Phi) is 6.02. The van der Waals surface area contributed by atoms with Crippen molar-refractivity contribution in [3.8, 4) is 67.1 Å². The Balaban J connectivity index is 0.972. The van der Waals surface area contributed by atoms with Crippen LogP contribution in [0.15, 0.2) is 182 Å². The quantitative estimate of drug-likeness (QED) is 0.173. The van der Waals surface area contributed by atoms with Crippen molar-refractivity contribution < 1.29 is 4.74 Å². The number of hydrogen-bond acceptors (Lipinski definition) is 1. The lowest BCUT2D eigenvalue weighted by Gasteiger charge is -2.23. The Morgan fingerprint density at radius 3 is 1.55 bits per heavy atom. The number of benzene rings is 10. The zero-order valence-corrected chi connectivity index (χ0v) is 27.7. The summed E-state index contributed by atoms with van der Waals surface area (Å²) in [5.74, 6) is 1.81. The minimum atomic E-state index is 0.896. The summed E-state index contributed by atoms with van der Waals surface area (Å²) in [6.07, 6.45) is 0. The highest BCUT2D eigenvalue weighted by Crippen LogP contribution is 2.49. The Morgan fingerprint density at radius 2 is 0.824 bits per heavy atom. The standard InChI is InChI=1S/C50H30O/c1-3-8-33(9-4-1)40-23-20-35-18-19-37-28-39(29-38-21-24-44(40)49(35)48(37)38)32-16-14-31(15-17-32)36-22-26-46-45(30-36)43-13-7-12-42-41(34-10-5-2-6-11-34)25-27-47(51-46)50(42)43/h1-30H. The van der Waals surface area contributed by atoms with Gasteiger partial charge in [-0.05, 0) is 118 Å². The highest BCUT2D eigenvalue weighted by Gasteiger charge is 2.22. The largest absolute Gasteiger partial charge is 0.456 e. The first-order valence-corrected chi connectivity index (χ1v) is 17.6. The maximum Gasteiger partial charge on any atom is 0.135 e. The second-order valence-corrected chi connectivity index (χ2v) is 13.6. The van der Waals surface area contributed by atoms with Crippen LogP contribution in [0.5, 0.6) is 11.5 Å². The van der Waals surface area contributed by atoms with Crippen LogP contribution in [0, 0.1) is 0 Å². The average molecular weight is 647 g/mol. The van der Waals surface area contributed by atoms with Crippen molar-refractivity contribution in [1.82, 2.24) is 0 Å². The fourth-order valence-electron chi connectivity index (χ4n) is 8.39. The molecule has 1 aliphatic rings. The Morgan fingerprint density at radius 1 is 0.255 bits per heavy atom. The number of ether oxygens (including phenoxy) is 1. The first-order chi connectivity index (χ1) is 25.3. The van der Waals surface area contributed by atoms with Gasteiger partial charge in [0.15, 0.2) is 0 Å². The van der Waals surface area contributed by atoms with Crippen molar-refractivity contribution >= 4 is 43.1 Å². The van der Waals surface area contributed by atoms with Crippen molar-refractivity contribution in [1.29, 1.82) is 0 Å². The minimum Gasteiger partial charge on any atom is -0.456 e. The molecule has 10 aromatic carbocycles. The van der Waals surface area contributed by atoms with E-state index in [9.17, 15) is 0 Å². The molecule has 0 bridgehead atoms. The van der Waals surface area contributed by atoms with Crippen LogP contribution >= 0.6 is 0 Å². The van der Waals surface area contributed by atoms with E-state index in [4.69, 9.17) is 4.74 Å². The van der Waals surface area contributed by atoms with Crippen molar-refractivity contribution in [2.45, 2.75) is 0 Å². The fourth-order valence-corrected chi connectivity index (χ4v) is 8.39. The molecule has 0 atom stereocenters. The number of fused-ring (bicyclic) bond motifs is 2. The molecule has 0 saturated carbocycles. The van der Waals surface area contributed by atoms with Crippen molar-refractivity contribution in [3.05, 3.63) is 182 Å². The van der Waals surface area contributed by atoms with Gasteiger partial charge in [-0.1, -0.05) is 152 Å². The molecular weight excluding hydrogens is 617 g/mol. The molecule has 1 heteroatoms. The number of rotatable bonds is 4. The van der Waals surface area contributed by atoms with Gasteiger partial charge in [0.2, 0.25) is 0 Å². The van der Waals surface area contributed by atoms with E-state index in [0.717, 1.165) is 17.1 Å². The molecule has 236 valence electrons. The Labute approximate surface area is 296 Å². The molecular formula is C50H30O. The van der Waals surface area contributed by atoms with E-state index in [2.05, 4.69) is 182 Å². The van der Waals surface area contributed by atoms with Crippen LogP contribution in [0.3, 0.4) is 0 Å². The van der Waals surface area contributed by atoms with Crippen LogP contribution < -0.4 is 4.74 Å². The second-order valence-electron chi connectivity index (χ2n) is 13.6. The van der Waals surface area contributed by atoms with Gasteiger partial charge in [-0.25, -0.2) is 0 Å². The molecule has 0 spiro atoms. The summed E-state index contributed by atoms with van der Waals surface area (Å²) in [7, 11) is 0. The van der Waals surface area contributed by atoms with Crippen LogP contribution in [-0.4, -0.2) is 0 Å². The van der Waals surface area contributed by atoms with Crippen molar-refractivity contribution in [2.24, 2.45) is 0 Å². The SMILES string of the molecule is c1ccc(-c2ccc3c4c(cccc24)-c2cc(-c4ccc(-c5cc6ccc7ccc(-c8ccccc8)c8ccc(c5)c6c78)cc4)ccc2O3)cc1. The summed E-state index contributed by atoms with van der Waals surface area (Å²) in [6.45, 7) is 0. The summed E-state index contributed by atoms with van der Waals surface area (Å²) in [6, 6.07) is 66.2. The summed E-state index contributed by atoms with van der Waals surface area (Å²) in [4.78, 5) is 0. The predicted octanol–water partition coefficient (Wildman–Crippen LogP) is 14.2. The van der Waals surface area contributed by atoms with Gasteiger partial charge in [0.05, 0.1) is 0 Å². The third-order valence-electron chi connectivity index (χ3n) is 10.8. The van der Waals surface area contributed by atoms with Crippen LogP contribution in [0.4, 0.5) is 0 Å². The van der Waals surface area contributed by atoms with Gasteiger partial charge in [-0.2, -0.15) is 0 Å². The Bertz CT molecular complexity index is 2940. The first kappa shape index (κ1) is 28.2. The van der Waals surface area contributed by atoms with Crippen molar-refractivity contribution in [3.63, 3.8) is 0 Å². The number of hydrogen-bond donors (Lipinski definition) is 0. The molecule has 1 nitrogen and oxygen atoms in total. The maximum absolute atomic E-state index is 6.52. The molecule has 1 heterocycles. The first-order valence-electron chi connectivity index (χ1n) is 17.6. The normalized spacial score (nSPS) is 12.1. The van der Waals surface area contributed by atoms with Gasteiger partial charge in [-0.3, -0.25) is 0 Å². The predicted molar refractivity (Wildman–Crippen MR) is 215 cm³/mol. The van der Waals surface area contributed by atoms with E-state index in [1.54, 1.807) is 0 Å². The summed E-state index contributed by atoms with van der Waals surface area (Å²) in [5, 5.41) is 10.2. The van der Waals surface area contributed by atoms with E-state index in [1.165, 1.54) is 93.2 Å². The van der Waals surface area contributed by atoms with E-state index < -0.39 is 0 Å². The van der Waals surface area contributed by atoms with Crippen molar-refractivity contribution in [2.75, 3.05) is 0 Å². The zero-order valence-electron chi connectivity index (χ0n) is 27.7. The van der Waals surface area contributed by atoms with E-state index in [1.807, 2.05) is 0 Å². The monoisotopic (exact) mass is 646 g/mol. The second kappa shape index (κ2) is 10.9. The van der Waals surface area contributed by atoms with E-state index in [0.29, 0.717) is 0 Å². The molecule has 0 aromatic heterocycles. The third-order valence-corrected chi connectivity index (χ3v) is 10.8. The molecule has 0 aliphatic carbocycles. The molecule has 0 N–H and O–H groups in total. The minimum absolute atomic E-state index is 0.896. The maximum atomic E-state index is 6.52. The lowest BCUT2D eigenvalue weighted by Crippen LogP contribution is -1.98. The van der Waals surface area contributed by atoms with E-state index in [-0.39, 0.29) is 0 Å². The van der Waals surface area contributed by atoms with Gasteiger partial charge < -0.3 is 4.74 Å². The lowest BCUT2D eigenvalue weighted by molar-refractivity contribution is 0.487. The molecule has 0 fully saturated rings. The molecule has 0 unspecified atom stereocenters. The summed E-state index contributed by atoms with van der Waals surface area (Å²) < 4.78 is 6.52. The fraction of sp³-hybridized carbons (Fsp3) is 0. The molecule has 1 aliphatic heterocycles. The highest BCUT2D eigenvalue weighted by atomic mass is 16.5. The lowest BCUT2D eigenvalue weighted by atomic mass is 9.88. The third kappa shape index (κ3) is 4.35. The molecule has 11 rings (SSSR count). The van der Waals surface area contributed by atoms with Crippen LogP contribution in [-0.2, 0) is 0 Å². The van der Waals surface area contributed by atoms with E-state index >= 15 is 0 Å². The zero-order chi connectivity index (χ0) is 33.5. The smallest absolute Gasteiger partial charge is 0.135 e. The van der Waals surface area contributed by atoms with Crippen LogP contribution in [0.1, 0.15) is 0 Å². The van der Waals surface area contributed by atoms with Gasteiger partial charge in [0.1, 0.15) is 11.5 Å². The highest BCUT2D eigenvalue weighted by molar-refractivity contribution is 6.26. The molecule has 0 saturated heterocycles. The van der Waals surface area contributed by atoms with Crippen LogP contribution in [0.25, 0.3) is 98.7 Å².